The van der Waals surface area contributed by atoms with Gasteiger partial charge in [0, 0.05) is 5.02 Å². The smallest absolute Gasteiger partial charge is 0.166 e. The third-order valence-electron chi connectivity index (χ3n) is 1.24. The van der Waals surface area contributed by atoms with Crippen molar-refractivity contribution in [2.75, 3.05) is 13.2 Å². The molecular formula is C8H8ClFO2. The van der Waals surface area contributed by atoms with E-state index in [2.05, 4.69) is 0 Å². The van der Waals surface area contributed by atoms with Crippen molar-refractivity contribution in [3.8, 4) is 5.75 Å². The normalized spacial score (nSPS) is 9.92. The first kappa shape index (κ1) is 9.29. The summed E-state index contributed by atoms with van der Waals surface area (Å²) in [6.07, 6.45) is 0. The quantitative estimate of drug-likeness (QED) is 0.788. The minimum atomic E-state index is -0.518. The van der Waals surface area contributed by atoms with Crippen LogP contribution in [0.5, 0.6) is 5.75 Å². The predicted octanol–water partition coefficient (Wildman–Crippen LogP) is 1.85. The zero-order valence-electron chi connectivity index (χ0n) is 6.26. The minimum absolute atomic E-state index is 0.0819. The maximum absolute atomic E-state index is 12.9. The predicted molar refractivity (Wildman–Crippen MR) is 44.0 cm³/mol. The van der Waals surface area contributed by atoms with Crippen LogP contribution in [0, 0.1) is 5.82 Å². The van der Waals surface area contributed by atoms with Gasteiger partial charge in [-0.1, -0.05) is 11.6 Å². The molecule has 4 heteroatoms. The second-order valence-electron chi connectivity index (χ2n) is 2.15. The minimum Gasteiger partial charge on any atom is -0.488 e. The summed E-state index contributed by atoms with van der Waals surface area (Å²) in [6, 6.07) is 4.11. The average Bonchev–Trinajstić information content (AvgIpc) is 2.03. The molecule has 0 unspecified atom stereocenters. The molecule has 0 saturated carbocycles. The molecule has 1 rings (SSSR count). The number of aliphatic hydroxyl groups is 1. The Balaban J connectivity index is 2.72. The summed E-state index contributed by atoms with van der Waals surface area (Å²) in [5, 5.41) is 8.72. The van der Waals surface area contributed by atoms with Crippen LogP contribution in [-0.4, -0.2) is 18.3 Å². The number of ether oxygens (including phenoxy) is 1. The zero-order valence-corrected chi connectivity index (χ0v) is 7.01. The first-order chi connectivity index (χ1) is 5.74. The summed E-state index contributed by atoms with van der Waals surface area (Å²) in [5.74, 6) is -0.413. The van der Waals surface area contributed by atoms with Crippen LogP contribution in [0.3, 0.4) is 0 Å². The van der Waals surface area contributed by atoms with E-state index in [9.17, 15) is 4.39 Å². The van der Waals surface area contributed by atoms with E-state index in [1.807, 2.05) is 0 Å². The zero-order chi connectivity index (χ0) is 8.97. The van der Waals surface area contributed by atoms with Gasteiger partial charge in [-0.05, 0) is 18.2 Å². The van der Waals surface area contributed by atoms with Crippen LogP contribution in [-0.2, 0) is 0 Å². The van der Waals surface area contributed by atoms with Gasteiger partial charge < -0.3 is 9.84 Å². The van der Waals surface area contributed by atoms with Crippen molar-refractivity contribution in [2.45, 2.75) is 0 Å². The largest absolute Gasteiger partial charge is 0.488 e. The molecule has 2 nitrogen and oxygen atoms in total. The lowest BCUT2D eigenvalue weighted by atomic mass is 10.3. The Kier molecular flexibility index (Phi) is 3.31. The van der Waals surface area contributed by atoms with E-state index >= 15 is 0 Å². The summed E-state index contributed by atoms with van der Waals surface area (Å²) in [5.41, 5.74) is 0. The lowest BCUT2D eigenvalue weighted by Crippen LogP contribution is -2.02. The van der Waals surface area contributed by atoms with Crippen LogP contribution in [0.4, 0.5) is 4.39 Å². The molecule has 0 amide bonds. The van der Waals surface area contributed by atoms with Crippen LogP contribution in [0.15, 0.2) is 18.2 Å². The summed E-state index contributed by atoms with van der Waals surface area (Å²) in [4.78, 5) is 0. The van der Waals surface area contributed by atoms with Gasteiger partial charge >= 0.3 is 0 Å². The van der Waals surface area contributed by atoms with E-state index in [4.69, 9.17) is 21.4 Å². The number of benzene rings is 1. The molecular weight excluding hydrogens is 183 g/mol. The van der Waals surface area contributed by atoms with Crippen molar-refractivity contribution in [3.05, 3.63) is 29.0 Å². The van der Waals surface area contributed by atoms with Gasteiger partial charge in [-0.15, -0.1) is 0 Å². The molecule has 0 bridgehead atoms. The number of halogens is 2. The molecule has 1 aromatic rings. The second kappa shape index (κ2) is 4.28. The highest BCUT2D eigenvalue weighted by molar-refractivity contribution is 6.30. The highest BCUT2D eigenvalue weighted by atomic mass is 35.5. The molecule has 0 spiro atoms. The fourth-order valence-corrected chi connectivity index (χ4v) is 0.907. The Morgan fingerprint density at radius 3 is 2.83 bits per heavy atom. The topological polar surface area (TPSA) is 29.5 Å². The molecule has 0 aliphatic carbocycles. The molecule has 1 N–H and O–H groups in total. The lowest BCUT2D eigenvalue weighted by Gasteiger charge is -2.04. The van der Waals surface area contributed by atoms with Crippen molar-refractivity contribution in [3.63, 3.8) is 0 Å². The summed E-state index contributed by atoms with van der Waals surface area (Å²) in [6.45, 7) is -0.0549. The van der Waals surface area contributed by atoms with E-state index in [0.29, 0.717) is 5.02 Å². The van der Waals surface area contributed by atoms with Gasteiger partial charge in [-0.3, -0.25) is 0 Å². The standard InChI is InChI=1S/C8H8ClFO2/c9-6-1-2-8(7(10)5-6)12-4-3-11/h1-2,5,11H,3-4H2. The third-order valence-corrected chi connectivity index (χ3v) is 1.48. The molecule has 0 aliphatic heterocycles. The Morgan fingerprint density at radius 1 is 1.50 bits per heavy atom. The van der Waals surface area contributed by atoms with Gasteiger partial charge in [-0.2, -0.15) is 0 Å². The summed E-state index contributed by atoms with van der Waals surface area (Å²) < 4.78 is 17.7. The maximum Gasteiger partial charge on any atom is 0.166 e. The first-order valence-electron chi connectivity index (χ1n) is 3.43. The Morgan fingerprint density at radius 2 is 2.25 bits per heavy atom. The van der Waals surface area contributed by atoms with E-state index in [1.165, 1.54) is 12.1 Å². The van der Waals surface area contributed by atoms with Crippen molar-refractivity contribution < 1.29 is 14.2 Å². The molecule has 0 heterocycles. The summed E-state index contributed by atoms with van der Waals surface area (Å²) >= 11 is 5.51. The third kappa shape index (κ3) is 2.36. The first-order valence-corrected chi connectivity index (χ1v) is 3.80. The highest BCUT2D eigenvalue weighted by Crippen LogP contribution is 2.20. The highest BCUT2D eigenvalue weighted by Gasteiger charge is 2.02. The molecule has 0 aromatic heterocycles. The molecule has 0 atom stereocenters. The van der Waals surface area contributed by atoms with E-state index < -0.39 is 5.82 Å². The fraction of sp³-hybridized carbons (Fsp3) is 0.250. The van der Waals surface area contributed by atoms with Crippen LogP contribution in [0.2, 0.25) is 5.02 Å². The Bertz CT molecular complexity index is 265. The van der Waals surface area contributed by atoms with Crippen molar-refractivity contribution >= 4 is 11.6 Å². The number of hydrogen-bond donors (Lipinski definition) is 1. The average molecular weight is 191 g/mol. The maximum atomic E-state index is 12.9. The lowest BCUT2D eigenvalue weighted by molar-refractivity contribution is 0.196. The fourth-order valence-electron chi connectivity index (χ4n) is 0.748. The van der Waals surface area contributed by atoms with Gasteiger partial charge in [0.1, 0.15) is 6.61 Å². The number of rotatable bonds is 3. The van der Waals surface area contributed by atoms with Gasteiger partial charge in [0.2, 0.25) is 0 Å². The van der Waals surface area contributed by atoms with Gasteiger partial charge in [-0.25, -0.2) is 4.39 Å². The van der Waals surface area contributed by atoms with Gasteiger partial charge in [0.15, 0.2) is 11.6 Å². The molecule has 0 saturated heterocycles. The SMILES string of the molecule is OCCOc1ccc(Cl)cc1F. The van der Waals surface area contributed by atoms with Crippen molar-refractivity contribution in [1.82, 2.24) is 0 Å². The summed E-state index contributed by atoms with van der Waals surface area (Å²) in [7, 11) is 0. The van der Waals surface area contributed by atoms with Crippen molar-refractivity contribution in [2.24, 2.45) is 0 Å². The number of hydrogen-bond acceptors (Lipinski definition) is 2. The molecule has 1 aromatic carbocycles. The van der Waals surface area contributed by atoms with Crippen LogP contribution in [0.1, 0.15) is 0 Å². The molecule has 12 heavy (non-hydrogen) atoms. The van der Waals surface area contributed by atoms with Gasteiger partial charge in [0.05, 0.1) is 6.61 Å². The molecule has 66 valence electrons. The second-order valence-corrected chi connectivity index (χ2v) is 2.58. The Labute approximate surface area is 74.5 Å². The van der Waals surface area contributed by atoms with Gasteiger partial charge in [0.25, 0.3) is 0 Å². The molecule has 0 fully saturated rings. The van der Waals surface area contributed by atoms with Crippen LogP contribution < -0.4 is 4.74 Å². The van der Waals surface area contributed by atoms with Crippen molar-refractivity contribution in [1.29, 1.82) is 0 Å². The van der Waals surface area contributed by atoms with Crippen LogP contribution >= 0.6 is 11.6 Å². The van der Waals surface area contributed by atoms with E-state index in [0.717, 1.165) is 6.07 Å². The number of aliphatic hydroxyl groups excluding tert-OH is 1. The Hall–Kier alpha value is -0.800. The van der Waals surface area contributed by atoms with E-state index in [1.54, 1.807) is 0 Å². The van der Waals surface area contributed by atoms with E-state index in [-0.39, 0.29) is 19.0 Å². The molecule has 0 radical (unpaired) electrons. The molecule has 0 aliphatic rings. The van der Waals surface area contributed by atoms with Crippen LogP contribution in [0.25, 0.3) is 0 Å². The monoisotopic (exact) mass is 190 g/mol.